The van der Waals surface area contributed by atoms with E-state index in [0.29, 0.717) is 11.4 Å². The fraction of sp³-hybridized carbons (Fsp3) is 0.381. The molecule has 0 saturated carbocycles. The Hall–Kier alpha value is -2.54. The van der Waals surface area contributed by atoms with Gasteiger partial charge in [-0.2, -0.15) is 0 Å². The van der Waals surface area contributed by atoms with Crippen molar-refractivity contribution in [2.75, 3.05) is 17.1 Å². The van der Waals surface area contributed by atoms with Crippen LogP contribution in [0.5, 0.6) is 5.75 Å². The normalized spacial score (nSPS) is 17.4. The Morgan fingerprint density at radius 1 is 1.25 bits per heavy atom. The lowest BCUT2D eigenvalue weighted by Gasteiger charge is -2.34. The number of nitrogens with one attached hydrogen (secondary N) is 1. The molecule has 1 heterocycles. The predicted octanol–water partition coefficient (Wildman–Crippen LogP) is 2.96. The SMILES string of the molecule is CCc1ccc([C@H](C)NC(=O)[C@@H]2CN(S(C)(=O)=O)c3ccc(C)cc3O2)cc1. The lowest BCUT2D eigenvalue weighted by atomic mass is 10.0. The molecule has 0 unspecified atom stereocenters. The number of carbonyl (C=O) groups excluding carboxylic acids is 1. The first-order valence-corrected chi connectivity index (χ1v) is 11.2. The third-order valence-electron chi connectivity index (χ3n) is 4.92. The number of anilines is 1. The van der Waals surface area contributed by atoms with Crippen LogP contribution in [-0.4, -0.2) is 33.2 Å². The van der Waals surface area contributed by atoms with Crippen molar-refractivity contribution in [2.45, 2.75) is 39.3 Å². The second-order valence-corrected chi connectivity index (χ2v) is 9.10. The lowest BCUT2D eigenvalue weighted by molar-refractivity contribution is -0.128. The molecule has 7 heteroatoms. The minimum atomic E-state index is -3.53. The van der Waals surface area contributed by atoms with Crippen LogP contribution in [-0.2, 0) is 21.2 Å². The summed E-state index contributed by atoms with van der Waals surface area (Å²) >= 11 is 0. The van der Waals surface area contributed by atoms with Crippen molar-refractivity contribution in [3.8, 4) is 5.75 Å². The first-order chi connectivity index (χ1) is 13.2. The van der Waals surface area contributed by atoms with Gasteiger partial charge in [0.1, 0.15) is 5.75 Å². The predicted molar refractivity (Wildman–Crippen MR) is 110 cm³/mol. The maximum Gasteiger partial charge on any atom is 0.263 e. The van der Waals surface area contributed by atoms with E-state index < -0.39 is 16.1 Å². The molecule has 2 aromatic rings. The Morgan fingerprint density at radius 3 is 2.54 bits per heavy atom. The number of aryl methyl sites for hydroxylation is 2. The van der Waals surface area contributed by atoms with Crippen molar-refractivity contribution in [1.82, 2.24) is 5.32 Å². The Morgan fingerprint density at radius 2 is 1.93 bits per heavy atom. The number of rotatable bonds is 5. The number of carbonyl (C=O) groups is 1. The Kier molecular flexibility index (Phi) is 5.65. The van der Waals surface area contributed by atoms with Gasteiger partial charge in [-0.05, 0) is 49.1 Å². The van der Waals surface area contributed by atoms with Crippen LogP contribution in [0.4, 0.5) is 5.69 Å². The number of hydrogen-bond acceptors (Lipinski definition) is 4. The molecule has 0 spiro atoms. The van der Waals surface area contributed by atoms with E-state index in [1.54, 1.807) is 12.1 Å². The fourth-order valence-electron chi connectivity index (χ4n) is 3.24. The highest BCUT2D eigenvalue weighted by molar-refractivity contribution is 7.92. The summed E-state index contributed by atoms with van der Waals surface area (Å²) in [4.78, 5) is 12.8. The maximum absolute atomic E-state index is 12.8. The maximum atomic E-state index is 12.8. The van der Waals surface area contributed by atoms with Gasteiger partial charge in [0.05, 0.1) is 24.5 Å². The Balaban J connectivity index is 1.79. The number of fused-ring (bicyclic) bond motifs is 1. The first-order valence-electron chi connectivity index (χ1n) is 9.33. The summed E-state index contributed by atoms with van der Waals surface area (Å²) in [5.41, 5.74) is 3.60. The van der Waals surface area contributed by atoms with E-state index in [-0.39, 0.29) is 18.5 Å². The second-order valence-electron chi connectivity index (χ2n) is 7.20. The van der Waals surface area contributed by atoms with Gasteiger partial charge in [0.2, 0.25) is 10.0 Å². The van der Waals surface area contributed by atoms with Gasteiger partial charge in [0.15, 0.2) is 6.10 Å². The molecule has 28 heavy (non-hydrogen) atoms. The van der Waals surface area contributed by atoms with Crippen molar-refractivity contribution in [3.63, 3.8) is 0 Å². The standard InChI is InChI=1S/C21H26N2O4S/c1-5-16-7-9-17(10-8-16)15(3)22-21(24)20-13-23(28(4,25)26)18-11-6-14(2)12-19(18)27-20/h6-12,15,20H,5,13H2,1-4H3,(H,22,24)/t15-,20-/m0/s1. The average Bonchev–Trinajstić information content (AvgIpc) is 2.66. The number of hydrogen-bond donors (Lipinski definition) is 1. The third-order valence-corrected chi connectivity index (χ3v) is 6.07. The monoisotopic (exact) mass is 402 g/mol. The number of nitrogens with zero attached hydrogens (tertiary/aromatic N) is 1. The summed E-state index contributed by atoms with van der Waals surface area (Å²) in [5, 5.41) is 2.94. The summed E-state index contributed by atoms with van der Waals surface area (Å²) in [6, 6.07) is 13.1. The van der Waals surface area contributed by atoms with Crippen LogP contribution in [0.3, 0.4) is 0 Å². The second kappa shape index (κ2) is 7.83. The molecule has 0 aromatic heterocycles. The fourth-order valence-corrected chi connectivity index (χ4v) is 4.16. The zero-order valence-corrected chi connectivity index (χ0v) is 17.4. The molecule has 0 saturated heterocycles. The van der Waals surface area contributed by atoms with Gasteiger partial charge in [-0.1, -0.05) is 37.3 Å². The van der Waals surface area contributed by atoms with Gasteiger partial charge in [0.25, 0.3) is 5.91 Å². The van der Waals surface area contributed by atoms with Gasteiger partial charge in [-0.3, -0.25) is 9.10 Å². The van der Waals surface area contributed by atoms with E-state index in [1.807, 2.05) is 44.2 Å². The summed E-state index contributed by atoms with van der Waals surface area (Å²) in [7, 11) is -3.53. The van der Waals surface area contributed by atoms with E-state index in [9.17, 15) is 13.2 Å². The van der Waals surface area contributed by atoms with Crippen molar-refractivity contribution >= 4 is 21.6 Å². The van der Waals surface area contributed by atoms with E-state index >= 15 is 0 Å². The average molecular weight is 403 g/mol. The molecule has 1 aliphatic rings. The molecule has 2 aromatic carbocycles. The molecule has 3 rings (SSSR count). The van der Waals surface area contributed by atoms with Gasteiger partial charge in [0, 0.05) is 0 Å². The van der Waals surface area contributed by atoms with Gasteiger partial charge in [-0.15, -0.1) is 0 Å². The zero-order valence-electron chi connectivity index (χ0n) is 16.6. The summed E-state index contributed by atoms with van der Waals surface area (Å²) in [6.45, 7) is 5.82. The summed E-state index contributed by atoms with van der Waals surface area (Å²) in [5.74, 6) is 0.0599. The van der Waals surface area contributed by atoms with E-state index in [1.165, 1.54) is 9.87 Å². The van der Waals surface area contributed by atoms with Gasteiger partial charge in [-0.25, -0.2) is 8.42 Å². The van der Waals surface area contributed by atoms with Gasteiger partial charge < -0.3 is 10.1 Å². The van der Waals surface area contributed by atoms with Crippen molar-refractivity contribution < 1.29 is 17.9 Å². The number of benzene rings is 2. The van der Waals surface area contributed by atoms with Crippen molar-refractivity contribution in [1.29, 1.82) is 0 Å². The molecule has 6 nitrogen and oxygen atoms in total. The van der Waals surface area contributed by atoms with Crippen LogP contribution in [0, 0.1) is 6.92 Å². The largest absolute Gasteiger partial charge is 0.476 e. The molecule has 1 amide bonds. The molecular formula is C21H26N2O4S. The highest BCUT2D eigenvalue weighted by Gasteiger charge is 2.35. The summed E-state index contributed by atoms with van der Waals surface area (Å²) < 4.78 is 31.6. The molecule has 0 bridgehead atoms. The molecule has 1 N–H and O–H groups in total. The molecule has 0 aliphatic carbocycles. The van der Waals surface area contributed by atoms with Crippen LogP contribution in [0.15, 0.2) is 42.5 Å². The van der Waals surface area contributed by atoms with E-state index in [2.05, 4.69) is 12.2 Å². The first kappa shape index (κ1) is 20.2. The highest BCUT2D eigenvalue weighted by atomic mass is 32.2. The third kappa shape index (κ3) is 4.30. The molecule has 0 radical (unpaired) electrons. The number of amides is 1. The molecule has 1 aliphatic heterocycles. The number of sulfonamides is 1. The highest BCUT2D eigenvalue weighted by Crippen LogP contribution is 2.35. The molecule has 2 atom stereocenters. The van der Waals surface area contributed by atoms with Crippen LogP contribution in [0.1, 0.15) is 36.6 Å². The van der Waals surface area contributed by atoms with Crippen molar-refractivity contribution in [3.05, 3.63) is 59.2 Å². The van der Waals surface area contributed by atoms with Crippen LogP contribution in [0.25, 0.3) is 0 Å². The molecule has 150 valence electrons. The lowest BCUT2D eigenvalue weighted by Crippen LogP contribution is -2.50. The Labute approximate surface area is 166 Å². The van der Waals surface area contributed by atoms with E-state index in [4.69, 9.17) is 4.74 Å². The number of ether oxygens (including phenoxy) is 1. The van der Waals surface area contributed by atoms with Crippen molar-refractivity contribution in [2.24, 2.45) is 0 Å². The minimum Gasteiger partial charge on any atom is -0.476 e. The van der Waals surface area contributed by atoms with Gasteiger partial charge >= 0.3 is 0 Å². The smallest absolute Gasteiger partial charge is 0.263 e. The van der Waals surface area contributed by atoms with Crippen LogP contribution >= 0.6 is 0 Å². The topological polar surface area (TPSA) is 75.7 Å². The molecular weight excluding hydrogens is 376 g/mol. The van der Waals surface area contributed by atoms with Crippen LogP contribution < -0.4 is 14.4 Å². The molecule has 0 fully saturated rings. The van der Waals surface area contributed by atoms with E-state index in [0.717, 1.165) is 23.8 Å². The minimum absolute atomic E-state index is 0.0534. The van der Waals surface area contributed by atoms with Crippen LogP contribution in [0.2, 0.25) is 0 Å². The zero-order chi connectivity index (χ0) is 20.5. The summed E-state index contributed by atoms with van der Waals surface area (Å²) in [6.07, 6.45) is 1.17. The Bertz CT molecular complexity index is 970. The quantitative estimate of drug-likeness (QED) is 0.834.